The molecule has 0 aromatic heterocycles. The van der Waals surface area contributed by atoms with E-state index in [9.17, 15) is 9.59 Å². The van der Waals surface area contributed by atoms with Gasteiger partial charge >= 0.3 is 12.0 Å². The van der Waals surface area contributed by atoms with E-state index in [-0.39, 0.29) is 12.6 Å². The van der Waals surface area contributed by atoms with Gasteiger partial charge in [0.25, 0.3) is 0 Å². The van der Waals surface area contributed by atoms with Gasteiger partial charge in [0.2, 0.25) is 0 Å². The van der Waals surface area contributed by atoms with E-state index in [4.69, 9.17) is 5.11 Å². The highest BCUT2D eigenvalue weighted by molar-refractivity contribution is 7.98. The molecule has 0 atom stereocenters. The SMILES string of the molecule is CCCN(CC(=O)O)C(=O)NCCCCCSC. The molecule has 5 nitrogen and oxygen atoms in total. The van der Waals surface area contributed by atoms with Gasteiger partial charge in [-0.1, -0.05) is 13.3 Å². The molecule has 0 rings (SSSR count). The Morgan fingerprint density at radius 2 is 2.00 bits per heavy atom. The van der Waals surface area contributed by atoms with Crippen LogP contribution < -0.4 is 5.32 Å². The van der Waals surface area contributed by atoms with Crippen LogP contribution in [0.2, 0.25) is 0 Å². The molecule has 106 valence electrons. The van der Waals surface area contributed by atoms with Crippen LogP contribution in [0.1, 0.15) is 32.6 Å². The maximum atomic E-state index is 11.7. The van der Waals surface area contributed by atoms with Crippen LogP contribution in [0.4, 0.5) is 4.79 Å². The molecule has 0 aliphatic rings. The standard InChI is InChI=1S/C12H24N2O3S/c1-3-8-14(10-11(15)16)12(17)13-7-5-4-6-9-18-2/h3-10H2,1-2H3,(H,13,17)(H,15,16). The Kier molecular flexibility index (Phi) is 10.6. The fourth-order valence-electron chi connectivity index (χ4n) is 1.54. The van der Waals surface area contributed by atoms with Gasteiger partial charge in [0.05, 0.1) is 0 Å². The van der Waals surface area contributed by atoms with Crippen molar-refractivity contribution in [1.29, 1.82) is 0 Å². The Morgan fingerprint density at radius 3 is 2.56 bits per heavy atom. The second kappa shape index (κ2) is 11.2. The highest BCUT2D eigenvalue weighted by Crippen LogP contribution is 2.01. The molecular formula is C12H24N2O3S. The minimum absolute atomic E-state index is 0.230. The van der Waals surface area contributed by atoms with Gasteiger partial charge in [0.1, 0.15) is 6.54 Å². The number of unbranched alkanes of at least 4 members (excludes halogenated alkanes) is 2. The molecular weight excluding hydrogens is 252 g/mol. The molecule has 0 aliphatic heterocycles. The molecule has 0 saturated heterocycles. The molecule has 18 heavy (non-hydrogen) atoms. The number of thioether (sulfide) groups is 1. The first-order chi connectivity index (χ1) is 8.61. The molecule has 0 saturated carbocycles. The van der Waals surface area contributed by atoms with Gasteiger partial charge in [-0.15, -0.1) is 0 Å². The smallest absolute Gasteiger partial charge is 0.323 e. The fraction of sp³-hybridized carbons (Fsp3) is 0.833. The highest BCUT2D eigenvalue weighted by Gasteiger charge is 2.14. The van der Waals surface area contributed by atoms with Crippen LogP contribution in [-0.4, -0.2) is 53.6 Å². The summed E-state index contributed by atoms with van der Waals surface area (Å²) in [5.74, 6) is 0.174. The predicted octanol–water partition coefficient (Wildman–Crippen LogP) is 2.03. The summed E-state index contributed by atoms with van der Waals surface area (Å²) in [7, 11) is 0. The second-order valence-corrected chi connectivity index (χ2v) is 5.09. The average molecular weight is 276 g/mol. The van der Waals surface area contributed by atoms with Gasteiger partial charge in [0.15, 0.2) is 0 Å². The van der Waals surface area contributed by atoms with Crippen molar-refractivity contribution < 1.29 is 14.7 Å². The largest absolute Gasteiger partial charge is 0.480 e. The Hall–Kier alpha value is -0.910. The number of carboxylic acid groups (broad SMARTS) is 1. The van der Waals surface area contributed by atoms with E-state index in [1.807, 2.05) is 18.7 Å². The number of carbonyl (C=O) groups is 2. The lowest BCUT2D eigenvalue weighted by Gasteiger charge is -2.20. The van der Waals surface area contributed by atoms with E-state index in [1.54, 1.807) is 0 Å². The van der Waals surface area contributed by atoms with Crippen LogP contribution in [0.15, 0.2) is 0 Å². The number of aliphatic carboxylic acids is 1. The van der Waals surface area contributed by atoms with Crippen molar-refractivity contribution in [3.05, 3.63) is 0 Å². The van der Waals surface area contributed by atoms with Gasteiger partial charge in [-0.2, -0.15) is 11.8 Å². The molecule has 0 radical (unpaired) electrons. The molecule has 2 N–H and O–H groups in total. The van der Waals surface area contributed by atoms with Crippen molar-refractivity contribution in [3.8, 4) is 0 Å². The summed E-state index contributed by atoms with van der Waals surface area (Å²) in [6.07, 6.45) is 6.03. The highest BCUT2D eigenvalue weighted by atomic mass is 32.2. The van der Waals surface area contributed by atoms with E-state index in [0.717, 1.165) is 31.4 Å². The Morgan fingerprint density at radius 1 is 1.28 bits per heavy atom. The number of hydrogen-bond acceptors (Lipinski definition) is 3. The summed E-state index contributed by atoms with van der Waals surface area (Å²) in [4.78, 5) is 23.7. The maximum Gasteiger partial charge on any atom is 0.323 e. The van der Waals surface area contributed by atoms with Crippen LogP contribution in [0, 0.1) is 0 Å². The van der Waals surface area contributed by atoms with Crippen LogP contribution in [0.3, 0.4) is 0 Å². The van der Waals surface area contributed by atoms with E-state index in [1.165, 1.54) is 4.90 Å². The van der Waals surface area contributed by atoms with E-state index in [0.29, 0.717) is 13.1 Å². The lowest BCUT2D eigenvalue weighted by Crippen LogP contribution is -2.43. The third-order valence-electron chi connectivity index (χ3n) is 2.41. The van der Waals surface area contributed by atoms with Gasteiger partial charge < -0.3 is 15.3 Å². The second-order valence-electron chi connectivity index (χ2n) is 4.10. The molecule has 0 aromatic carbocycles. The minimum Gasteiger partial charge on any atom is -0.480 e. The van der Waals surface area contributed by atoms with Gasteiger partial charge in [-0.3, -0.25) is 4.79 Å². The summed E-state index contributed by atoms with van der Waals surface area (Å²) in [6.45, 7) is 2.79. The third-order valence-corrected chi connectivity index (χ3v) is 3.11. The van der Waals surface area contributed by atoms with Gasteiger partial charge in [-0.25, -0.2) is 4.79 Å². The van der Waals surface area contributed by atoms with E-state index < -0.39 is 5.97 Å². The lowest BCUT2D eigenvalue weighted by molar-refractivity contribution is -0.137. The number of nitrogens with one attached hydrogen (secondary N) is 1. The quantitative estimate of drug-likeness (QED) is 0.599. The summed E-state index contributed by atoms with van der Waals surface area (Å²) >= 11 is 1.82. The van der Waals surface area contributed by atoms with E-state index in [2.05, 4.69) is 11.6 Å². The number of amides is 2. The molecule has 6 heteroatoms. The Bertz CT molecular complexity index is 249. The molecule has 2 amide bonds. The zero-order chi connectivity index (χ0) is 13.8. The van der Waals surface area contributed by atoms with Crippen LogP contribution >= 0.6 is 11.8 Å². The topological polar surface area (TPSA) is 69.6 Å². The first kappa shape index (κ1) is 17.1. The summed E-state index contributed by atoms with van der Waals surface area (Å²) < 4.78 is 0. The molecule has 0 aromatic rings. The molecule has 0 bridgehead atoms. The number of carbonyl (C=O) groups excluding carboxylic acids is 1. The number of nitrogens with zero attached hydrogens (tertiary/aromatic N) is 1. The molecule has 0 aliphatic carbocycles. The van der Waals surface area contributed by atoms with Gasteiger partial charge in [0, 0.05) is 13.1 Å². The molecule has 0 spiro atoms. The number of rotatable bonds is 10. The molecule has 0 fully saturated rings. The zero-order valence-electron chi connectivity index (χ0n) is 11.3. The summed E-state index contributed by atoms with van der Waals surface area (Å²) in [5, 5.41) is 11.5. The number of carboxylic acids is 1. The van der Waals surface area contributed by atoms with Crippen molar-refractivity contribution in [2.24, 2.45) is 0 Å². The average Bonchev–Trinajstić information content (AvgIpc) is 2.32. The summed E-state index contributed by atoms with van der Waals surface area (Å²) in [6, 6.07) is -0.274. The Balaban J connectivity index is 3.77. The van der Waals surface area contributed by atoms with Crippen LogP contribution in [0.25, 0.3) is 0 Å². The fourth-order valence-corrected chi connectivity index (χ4v) is 2.03. The van der Waals surface area contributed by atoms with Crippen molar-refractivity contribution in [2.45, 2.75) is 32.6 Å². The number of urea groups is 1. The van der Waals surface area contributed by atoms with Crippen molar-refractivity contribution in [1.82, 2.24) is 10.2 Å². The van der Waals surface area contributed by atoms with Crippen LogP contribution in [-0.2, 0) is 4.79 Å². The van der Waals surface area contributed by atoms with Crippen molar-refractivity contribution in [2.75, 3.05) is 31.6 Å². The number of hydrogen-bond donors (Lipinski definition) is 2. The van der Waals surface area contributed by atoms with Crippen LogP contribution in [0.5, 0.6) is 0 Å². The lowest BCUT2D eigenvalue weighted by atomic mass is 10.2. The summed E-state index contributed by atoms with van der Waals surface area (Å²) in [5.41, 5.74) is 0. The normalized spacial score (nSPS) is 10.1. The molecule has 0 unspecified atom stereocenters. The minimum atomic E-state index is -0.974. The van der Waals surface area contributed by atoms with Crippen molar-refractivity contribution in [3.63, 3.8) is 0 Å². The Labute approximate surface area is 113 Å². The maximum absolute atomic E-state index is 11.7. The monoisotopic (exact) mass is 276 g/mol. The van der Waals surface area contributed by atoms with E-state index >= 15 is 0 Å². The first-order valence-electron chi connectivity index (χ1n) is 6.35. The van der Waals surface area contributed by atoms with Crippen molar-refractivity contribution >= 4 is 23.8 Å². The first-order valence-corrected chi connectivity index (χ1v) is 7.74. The van der Waals surface area contributed by atoms with Gasteiger partial charge in [-0.05, 0) is 31.3 Å². The zero-order valence-corrected chi connectivity index (χ0v) is 12.1. The molecule has 0 heterocycles. The third kappa shape index (κ3) is 9.15. The predicted molar refractivity (Wildman–Crippen MR) is 75.1 cm³/mol.